The smallest absolute Gasteiger partial charge is 0.420 e. The van der Waals surface area contributed by atoms with Gasteiger partial charge in [0.05, 0.1) is 30.6 Å². The third kappa shape index (κ3) is 9.14. The van der Waals surface area contributed by atoms with Crippen molar-refractivity contribution in [3.8, 4) is 5.75 Å². The van der Waals surface area contributed by atoms with Crippen LogP contribution >= 0.6 is 12.2 Å². The van der Waals surface area contributed by atoms with Crippen molar-refractivity contribution < 1.29 is 37.1 Å². The predicted molar refractivity (Wildman–Crippen MR) is 215 cm³/mol. The fraction of sp³-hybridized carbons (Fsp3) is 0.450. The molecule has 3 atom stereocenters. The lowest BCUT2D eigenvalue weighted by molar-refractivity contribution is -0.137. The van der Waals surface area contributed by atoms with E-state index in [1.54, 1.807) is 49.1 Å². The Morgan fingerprint density at radius 2 is 1.84 bits per heavy atom. The number of aromatic nitrogens is 1. The number of hydrogen-bond acceptors (Lipinski definition) is 10. The number of carbonyl (C=O) groups excluding carboxylic acids is 4. The molecule has 0 spiro atoms. The zero-order chi connectivity index (χ0) is 41.2. The molecule has 304 valence electrons. The summed E-state index contributed by atoms with van der Waals surface area (Å²) in [5.74, 6) is -0.867. The minimum absolute atomic E-state index is 0.0203. The molecule has 1 unspecified atom stereocenters. The number of nitrogens with two attached hydrogens (primary N) is 1. The van der Waals surface area contributed by atoms with E-state index in [1.165, 1.54) is 0 Å². The van der Waals surface area contributed by atoms with E-state index >= 15 is 0 Å². The number of nitrogens with zero attached hydrogens (tertiary/aromatic N) is 4. The van der Waals surface area contributed by atoms with Gasteiger partial charge in [0.1, 0.15) is 23.1 Å². The highest BCUT2D eigenvalue weighted by Crippen LogP contribution is 2.41. The SMILES string of the molecule is CCc1cc(N2C(=S)N(c3cnc(N)c(C(F)(F)F)c3)C(=O)C2(C)C)ccc1OCC[C@H]1CCN(CC(=O)Nc2cccc(NC3CCC(=O)NC3=O)c2)[C@H](C)C1. The maximum atomic E-state index is 13.6. The van der Waals surface area contributed by atoms with E-state index in [0.717, 1.165) is 48.5 Å². The quantitative estimate of drug-likeness (QED) is 0.128. The molecule has 4 heterocycles. The van der Waals surface area contributed by atoms with Gasteiger partial charge in [0.15, 0.2) is 5.11 Å². The number of alkyl halides is 3. The third-order valence-corrected chi connectivity index (χ3v) is 11.2. The number of benzene rings is 2. The summed E-state index contributed by atoms with van der Waals surface area (Å²) in [7, 11) is 0. The Morgan fingerprint density at radius 1 is 1.09 bits per heavy atom. The van der Waals surface area contributed by atoms with Gasteiger partial charge in [-0.1, -0.05) is 13.0 Å². The van der Waals surface area contributed by atoms with Gasteiger partial charge in [0.25, 0.3) is 5.91 Å². The number of pyridine rings is 1. The average Bonchev–Trinajstić information content (AvgIpc) is 3.32. The Balaban J connectivity index is 1.00. The van der Waals surface area contributed by atoms with E-state index in [2.05, 4.69) is 32.8 Å². The second kappa shape index (κ2) is 16.7. The van der Waals surface area contributed by atoms with Crippen molar-refractivity contribution in [2.45, 2.75) is 90.0 Å². The van der Waals surface area contributed by atoms with Crippen LogP contribution in [0.2, 0.25) is 0 Å². The number of imide groups is 1. The van der Waals surface area contributed by atoms with E-state index in [1.807, 2.05) is 19.1 Å². The van der Waals surface area contributed by atoms with Crippen LogP contribution in [0, 0.1) is 5.92 Å². The Kier molecular flexibility index (Phi) is 12.1. The number of thiocarbonyl (C=S) groups is 1. The van der Waals surface area contributed by atoms with E-state index in [0.29, 0.717) is 48.2 Å². The lowest BCUT2D eigenvalue weighted by Gasteiger charge is -2.37. The zero-order valence-electron chi connectivity index (χ0n) is 32.2. The number of amides is 4. The summed E-state index contributed by atoms with van der Waals surface area (Å²) in [4.78, 5) is 58.8. The Bertz CT molecular complexity index is 2060. The second-order valence-electron chi connectivity index (χ2n) is 15.2. The van der Waals surface area contributed by atoms with E-state index in [-0.39, 0.29) is 47.5 Å². The molecule has 3 aromatic rings. The second-order valence-corrected chi connectivity index (χ2v) is 15.6. The average molecular weight is 809 g/mol. The number of hydrogen-bond donors (Lipinski definition) is 4. The van der Waals surface area contributed by atoms with Gasteiger partial charge in [-0.15, -0.1) is 0 Å². The molecular weight excluding hydrogens is 762 g/mol. The van der Waals surface area contributed by atoms with Gasteiger partial charge >= 0.3 is 6.18 Å². The molecular formula is C40H47F3N8O5S. The van der Waals surface area contributed by atoms with Crippen LogP contribution in [0.1, 0.15) is 70.9 Å². The highest BCUT2D eigenvalue weighted by atomic mass is 32.1. The first-order valence-corrected chi connectivity index (χ1v) is 19.4. The van der Waals surface area contributed by atoms with Crippen LogP contribution in [-0.2, 0) is 31.8 Å². The summed E-state index contributed by atoms with van der Waals surface area (Å²) in [6.45, 7) is 8.92. The van der Waals surface area contributed by atoms with Crippen LogP contribution in [0.15, 0.2) is 54.7 Å². The summed E-state index contributed by atoms with van der Waals surface area (Å²) < 4.78 is 47.1. The van der Waals surface area contributed by atoms with Gasteiger partial charge in [-0.25, -0.2) is 4.98 Å². The summed E-state index contributed by atoms with van der Waals surface area (Å²) in [6.07, 6.45) is 0.280. The first-order valence-electron chi connectivity index (χ1n) is 19.0. The molecule has 17 heteroatoms. The van der Waals surface area contributed by atoms with Crippen molar-refractivity contribution >= 4 is 69.5 Å². The number of nitrogen functional groups attached to an aromatic ring is 1. The van der Waals surface area contributed by atoms with Gasteiger partial charge in [-0.2, -0.15) is 13.2 Å². The molecule has 1 aromatic heterocycles. The van der Waals surface area contributed by atoms with E-state index in [9.17, 15) is 32.3 Å². The molecule has 6 rings (SSSR count). The lowest BCUT2D eigenvalue weighted by atomic mass is 9.89. The summed E-state index contributed by atoms with van der Waals surface area (Å²) >= 11 is 5.69. The first-order chi connectivity index (χ1) is 27.0. The number of halogens is 3. The topological polar surface area (TPSA) is 162 Å². The highest BCUT2D eigenvalue weighted by Gasteiger charge is 2.51. The summed E-state index contributed by atoms with van der Waals surface area (Å²) in [5, 5.41) is 8.45. The number of ether oxygens (including phenoxy) is 1. The van der Waals surface area contributed by atoms with Crippen molar-refractivity contribution in [3.63, 3.8) is 0 Å². The number of anilines is 5. The molecule has 3 saturated heterocycles. The Morgan fingerprint density at radius 3 is 2.54 bits per heavy atom. The van der Waals surface area contributed by atoms with Gasteiger partial charge in [0, 0.05) is 29.5 Å². The molecule has 3 fully saturated rings. The Hall–Kier alpha value is -5.29. The molecule has 4 amide bonds. The number of rotatable bonds is 12. The maximum Gasteiger partial charge on any atom is 0.420 e. The molecule has 57 heavy (non-hydrogen) atoms. The van der Waals surface area contributed by atoms with Crippen LogP contribution in [0.3, 0.4) is 0 Å². The van der Waals surface area contributed by atoms with Crippen LogP contribution in [0.25, 0.3) is 0 Å². The van der Waals surface area contributed by atoms with Crippen LogP contribution < -0.4 is 36.2 Å². The van der Waals surface area contributed by atoms with Gasteiger partial charge in [-0.05, 0) is 126 Å². The number of piperidine rings is 2. The summed E-state index contributed by atoms with van der Waals surface area (Å²) in [6, 6.07) is 13.1. The van der Waals surface area contributed by atoms with Crippen LogP contribution in [0.5, 0.6) is 5.75 Å². The van der Waals surface area contributed by atoms with E-state index in [4.69, 9.17) is 22.7 Å². The number of carbonyl (C=O) groups is 4. The van der Waals surface area contributed by atoms with E-state index < -0.39 is 35.0 Å². The maximum absolute atomic E-state index is 13.6. The number of likely N-dealkylation sites (tertiary alicyclic amines) is 1. The monoisotopic (exact) mass is 808 g/mol. The molecule has 0 saturated carbocycles. The minimum Gasteiger partial charge on any atom is -0.493 e. The Labute approximate surface area is 334 Å². The largest absolute Gasteiger partial charge is 0.493 e. The van der Waals surface area contributed by atoms with Crippen molar-refractivity contribution in [2.24, 2.45) is 5.92 Å². The van der Waals surface area contributed by atoms with Gasteiger partial charge in [-0.3, -0.25) is 34.3 Å². The third-order valence-electron chi connectivity index (χ3n) is 10.8. The molecule has 3 aliphatic rings. The fourth-order valence-electron chi connectivity index (χ4n) is 7.65. The normalized spacial score (nSPS) is 21.4. The molecule has 0 radical (unpaired) electrons. The number of aryl methyl sites for hydroxylation is 1. The zero-order valence-corrected chi connectivity index (χ0v) is 33.1. The molecule has 13 nitrogen and oxygen atoms in total. The van der Waals surface area contributed by atoms with Gasteiger partial charge in [0.2, 0.25) is 17.7 Å². The molecule has 5 N–H and O–H groups in total. The van der Waals surface area contributed by atoms with Crippen LogP contribution in [-0.4, -0.2) is 75.9 Å². The molecule has 0 bridgehead atoms. The van der Waals surface area contributed by atoms with Crippen molar-refractivity contribution in [1.29, 1.82) is 0 Å². The number of nitrogens with one attached hydrogen (secondary N) is 3. The van der Waals surface area contributed by atoms with Gasteiger partial charge < -0.3 is 26.0 Å². The molecule has 0 aliphatic carbocycles. The standard InChI is InChI=1S/C40H47F3N8O5S/c1-5-25-18-28(51-38(57)50(37(55)39(51,3)4)29-20-30(40(41,42)43)35(44)45-21-29)9-11-32(25)56-16-14-24-13-15-49(23(2)17-24)22-34(53)47-27-8-6-7-26(19-27)46-31-10-12-33(52)48-36(31)54/h6-9,11,18-21,23-24,31,46H,5,10,12-17,22H2,1-4H3,(H2,44,45)(H,47,53)(H,48,52,54)/t23-,24-,31?/m1/s1. The highest BCUT2D eigenvalue weighted by molar-refractivity contribution is 7.81. The first kappa shape index (κ1) is 41.3. The fourth-order valence-corrected chi connectivity index (χ4v) is 8.17. The minimum atomic E-state index is -4.76. The van der Waals surface area contributed by atoms with Crippen molar-refractivity contribution in [2.75, 3.05) is 45.9 Å². The van der Waals surface area contributed by atoms with Crippen molar-refractivity contribution in [3.05, 3.63) is 65.9 Å². The molecule has 2 aromatic carbocycles. The van der Waals surface area contributed by atoms with Crippen molar-refractivity contribution in [1.82, 2.24) is 15.2 Å². The predicted octanol–water partition coefficient (Wildman–Crippen LogP) is 5.89. The lowest BCUT2D eigenvalue weighted by Crippen LogP contribution is -2.47. The van der Waals surface area contributed by atoms with Crippen LogP contribution in [0.4, 0.5) is 41.7 Å². The molecule has 3 aliphatic heterocycles. The summed E-state index contributed by atoms with van der Waals surface area (Å²) in [5.41, 5.74) is 5.79.